The maximum atomic E-state index is 9.17. The molecule has 1 fully saturated rings. The number of aliphatic hydroxyl groups excluding tert-OH is 1. The van der Waals surface area contributed by atoms with E-state index in [0.29, 0.717) is 6.61 Å². The van der Waals surface area contributed by atoms with E-state index in [1.807, 2.05) is 0 Å². The first-order valence-corrected chi connectivity index (χ1v) is 3.98. The summed E-state index contributed by atoms with van der Waals surface area (Å²) in [5.74, 6) is 0. The Morgan fingerprint density at radius 2 is 2.40 bits per heavy atom. The lowest BCUT2D eigenvalue weighted by molar-refractivity contribution is 0.00907. The molecule has 2 unspecified atom stereocenters. The van der Waals surface area contributed by atoms with Crippen LogP contribution in [0.25, 0.3) is 0 Å². The van der Waals surface area contributed by atoms with Crippen LogP contribution in [0.1, 0.15) is 33.1 Å². The first-order chi connectivity index (χ1) is 4.66. The van der Waals surface area contributed by atoms with Crippen molar-refractivity contribution in [3.05, 3.63) is 0 Å². The molecule has 1 aliphatic heterocycles. The van der Waals surface area contributed by atoms with Gasteiger partial charge in [0.05, 0.1) is 18.3 Å². The highest BCUT2D eigenvalue weighted by atomic mass is 16.5. The molecule has 1 N–H and O–H groups in total. The first-order valence-electron chi connectivity index (χ1n) is 3.98. The first kappa shape index (κ1) is 8.02. The lowest BCUT2D eigenvalue weighted by Crippen LogP contribution is -2.22. The van der Waals surface area contributed by atoms with Crippen LogP contribution in [-0.2, 0) is 4.74 Å². The number of rotatable bonds is 2. The Kier molecular flexibility index (Phi) is 2.32. The van der Waals surface area contributed by atoms with E-state index in [1.54, 1.807) is 0 Å². The van der Waals surface area contributed by atoms with Crippen molar-refractivity contribution in [2.75, 3.05) is 6.61 Å². The fourth-order valence-electron chi connectivity index (χ4n) is 1.62. The third kappa shape index (κ3) is 1.70. The summed E-state index contributed by atoms with van der Waals surface area (Å²) in [4.78, 5) is 0. The molecule has 1 aliphatic rings. The summed E-state index contributed by atoms with van der Waals surface area (Å²) in [7, 11) is 0. The Hall–Kier alpha value is -0.0800. The molecule has 10 heavy (non-hydrogen) atoms. The molecule has 0 amide bonds. The molecule has 2 atom stereocenters. The van der Waals surface area contributed by atoms with Crippen LogP contribution in [0.3, 0.4) is 0 Å². The fourth-order valence-corrected chi connectivity index (χ4v) is 1.62. The molecule has 0 bridgehead atoms. The number of aliphatic hydroxyl groups is 1. The molecular weight excluding hydrogens is 128 g/mol. The van der Waals surface area contributed by atoms with Gasteiger partial charge in [-0.25, -0.2) is 0 Å². The molecule has 0 spiro atoms. The zero-order valence-corrected chi connectivity index (χ0v) is 6.76. The number of hydrogen-bond acceptors (Lipinski definition) is 2. The zero-order valence-electron chi connectivity index (χ0n) is 6.76. The molecule has 0 aromatic rings. The van der Waals surface area contributed by atoms with Gasteiger partial charge in [-0.2, -0.15) is 0 Å². The Balaban J connectivity index is 2.38. The van der Waals surface area contributed by atoms with Gasteiger partial charge in [-0.05, 0) is 13.3 Å². The van der Waals surface area contributed by atoms with E-state index >= 15 is 0 Å². The predicted molar refractivity (Wildman–Crippen MR) is 39.9 cm³/mol. The Morgan fingerprint density at radius 1 is 1.70 bits per heavy atom. The maximum Gasteiger partial charge on any atom is 0.0801 e. The standard InChI is InChI=1S/C8H16O2/c1-3-4-8(2)5-7(9)6-10-8/h7,9H,3-6H2,1-2H3. The van der Waals surface area contributed by atoms with Crippen LogP contribution in [0.5, 0.6) is 0 Å². The van der Waals surface area contributed by atoms with E-state index < -0.39 is 0 Å². The van der Waals surface area contributed by atoms with Gasteiger partial charge >= 0.3 is 0 Å². The van der Waals surface area contributed by atoms with Crippen molar-refractivity contribution in [3.8, 4) is 0 Å². The van der Waals surface area contributed by atoms with Crippen molar-refractivity contribution in [2.24, 2.45) is 0 Å². The van der Waals surface area contributed by atoms with Crippen molar-refractivity contribution in [1.82, 2.24) is 0 Å². The van der Waals surface area contributed by atoms with Crippen LogP contribution in [0.4, 0.5) is 0 Å². The van der Waals surface area contributed by atoms with E-state index in [4.69, 9.17) is 9.84 Å². The summed E-state index contributed by atoms with van der Waals surface area (Å²) < 4.78 is 5.44. The van der Waals surface area contributed by atoms with E-state index in [1.165, 1.54) is 0 Å². The molecule has 1 heterocycles. The summed E-state index contributed by atoms with van der Waals surface area (Å²) in [5, 5.41) is 9.17. The molecule has 60 valence electrons. The highest BCUT2D eigenvalue weighted by Crippen LogP contribution is 2.29. The van der Waals surface area contributed by atoms with Gasteiger partial charge in [0.15, 0.2) is 0 Å². The quantitative estimate of drug-likeness (QED) is 0.633. The highest BCUT2D eigenvalue weighted by molar-refractivity contribution is 4.84. The third-order valence-corrected chi connectivity index (χ3v) is 2.07. The summed E-state index contributed by atoms with van der Waals surface area (Å²) in [6.45, 7) is 4.74. The molecule has 0 radical (unpaired) electrons. The van der Waals surface area contributed by atoms with Gasteiger partial charge in [-0.1, -0.05) is 13.3 Å². The van der Waals surface area contributed by atoms with Crippen LogP contribution in [0.15, 0.2) is 0 Å². The van der Waals surface area contributed by atoms with Crippen molar-refractivity contribution in [3.63, 3.8) is 0 Å². The van der Waals surface area contributed by atoms with Crippen LogP contribution >= 0.6 is 0 Å². The highest BCUT2D eigenvalue weighted by Gasteiger charge is 2.33. The molecule has 2 heteroatoms. The minimum absolute atomic E-state index is 0.0336. The zero-order chi connectivity index (χ0) is 7.61. The monoisotopic (exact) mass is 144 g/mol. The van der Waals surface area contributed by atoms with Gasteiger partial charge in [-0.3, -0.25) is 0 Å². The third-order valence-electron chi connectivity index (χ3n) is 2.07. The van der Waals surface area contributed by atoms with E-state index in [9.17, 15) is 0 Å². The fraction of sp³-hybridized carbons (Fsp3) is 1.00. The predicted octanol–water partition coefficient (Wildman–Crippen LogP) is 1.33. The molecule has 1 rings (SSSR count). The largest absolute Gasteiger partial charge is 0.391 e. The summed E-state index contributed by atoms with van der Waals surface area (Å²) in [6, 6.07) is 0. The molecule has 0 saturated carbocycles. The summed E-state index contributed by atoms with van der Waals surface area (Å²) in [5.41, 5.74) is -0.0336. The minimum Gasteiger partial charge on any atom is -0.391 e. The van der Waals surface area contributed by atoms with Gasteiger partial charge in [0.1, 0.15) is 0 Å². The van der Waals surface area contributed by atoms with Gasteiger partial charge in [-0.15, -0.1) is 0 Å². The smallest absolute Gasteiger partial charge is 0.0801 e. The molecule has 0 aromatic heterocycles. The van der Waals surface area contributed by atoms with E-state index in [-0.39, 0.29) is 11.7 Å². The minimum atomic E-state index is -0.225. The van der Waals surface area contributed by atoms with Crippen molar-refractivity contribution >= 4 is 0 Å². The average molecular weight is 144 g/mol. The van der Waals surface area contributed by atoms with Crippen LogP contribution in [0, 0.1) is 0 Å². The molecule has 0 aromatic carbocycles. The lowest BCUT2D eigenvalue weighted by atomic mass is 9.96. The van der Waals surface area contributed by atoms with E-state index in [0.717, 1.165) is 19.3 Å². The van der Waals surface area contributed by atoms with Crippen molar-refractivity contribution in [2.45, 2.75) is 44.8 Å². The second-order valence-electron chi connectivity index (χ2n) is 3.37. The number of hydrogen-bond donors (Lipinski definition) is 1. The molecular formula is C8H16O2. The van der Waals surface area contributed by atoms with E-state index in [2.05, 4.69) is 13.8 Å². The molecule has 2 nitrogen and oxygen atoms in total. The van der Waals surface area contributed by atoms with Crippen molar-refractivity contribution in [1.29, 1.82) is 0 Å². The second-order valence-corrected chi connectivity index (χ2v) is 3.37. The van der Waals surface area contributed by atoms with Crippen molar-refractivity contribution < 1.29 is 9.84 Å². The van der Waals surface area contributed by atoms with Crippen LogP contribution in [0.2, 0.25) is 0 Å². The maximum absolute atomic E-state index is 9.17. The SMILES string of the molecule is CCCC1(C)CC(O)CO1. The van der Waals surface area contributed by atoms with Crippen LogP contribution < -0.4 is 0 Å². The Labute approximate surface area is 62.2 Å². The normalized spacial score (nSPS) is 40.5. The van der Waals surface area contributed by atoms with Gasteiger partial charge in [0.2, 0.25) is 0 Å². The Bertz CT molecular complexity index is 110. The van der Waals surface area contributed by atoms with Crippen LogP contribution in [-0.4, -0.2) is 23.4 Å². The lowest BCUT2D eigenvalue weighted by Gasteiger charge is -2.21. The van der Waals surface area contributed by atoms with Gasteiger partial charge in [0.25, 0.3) is 0 Å². The topological polar surface area (TPSA) is 29.5 Å². The summed E-state index contributed by atoms with van der Waals surface area (Å²) >= 11 is 0. The molecule has 0 aliphatic carbocycles. The summed E-state index contributed by atoms with van der Waals surface area (Å²) in [6.07, 6.45) is 2.77. The van der Waals surface area contributed by atoms with Gasteiger partial charge < -0.3 is 9.84 Å². The second kappa shape index (κ2) is 2.89. The Morgan fingerprint density at radius 3 is 2.80 bits per heavy atom. The van der Waals surface area contributed by atoms with Gasteiger partial charge in [0, 0.05) is 6.42 Å². The number of ether oxygens (including phenoxy) is 1. The average Bonchev–Trinajstić information content (AvgIpc) is 2.12. The molecule has 1 saturated heterocycles.